The van der Waals surface area contributed by atoms with E-state index in [2.05, 4.69) is 32.2 Å². The van der Waals surface area contributed by atoms with Gasteiger partial charge in [0, 0.05) is 61.9 Å². The summed E-state index contributed by atoms with van der Waals surface area (Å²) in [6.07, 6.45) is 12.6. The van der Waals surface area contributed by atoms with Crippen molar-refractivity contribution in [3.05, 3.63) is 35.8 Å². The molecule has 2 heterocycles. The third kappa shape index (κ3) is 6.90. The minimum absolute atomic E-state index is 0.0682. The monoisotopic (exact) mass is 520 g/mol. The number of nitrogen functional groups attached to an aromatic ring is 1. The standard InChI is InChI=1S/C30H44N6O2/c1-4-24(37)8-6-5-7-9-26(35-29(38)21-12-14-30(15-13-21)19-36(3)20-30)28-33-18-27(34-28)22-10-11-25(31)23(16-22)17-32-2/h10-11,16-18,21,26H,4-9,12-15,19-20,31H2,1-3H3,(H,33,34)(H,35,38)/t26-/m0/s1. The minimum Gasteiger partial charge on any atom is -0.398 e. The number of hydrogen-bond acceptors (Lipinski definition) is 6. The highest BCUT2D eigenvalue weighted by atomic mass is 16.2. The van der Waals surface area contributed by atoms with E-state index in [1.165, 1.54) is 0 Å². The summed E-state index contributed by atoms with van der Waals surface area (Å²) < 4.78 is 0. The van der Waals surface area contributed by atoms with Gasteiger partial charge in [-0.2, -0.15) is 0 Å². The molecule has 1 aromatic heterocycles. The van der Waals surface area contributed by atoms with Crippen LogP contribution < -0.4 is 11.1 Å². The van der Waals surface area contributed by atoms with Gasteiger partial charge < -0.3 is 20.9 Å². The van der Waals surface area contributed by atoms with Gasteiger partial charge in [0.1, 0.15) is 11.6 Å². The molecule has 1 spiro atoms. The zero-order chi connectivity index (χ0) is 27.1. The molecule has 1 amide bonds. The molecule has 2 aliphatic rings. The zero-order valence-corrected chi connectivity index (χ0v) is 23.3. The van der Waals surface area contributed by atoms with Gasteiger partial charge in [-0.25, -0.2) is 4.98 Å². The van der Waals surface area contributed by atoms with Crippen molar-refractivity contribution in [3.8, 4) is 11.3 Å². The van der Waals surface area contributed by atoms with Gasteiger partial charge in [0.05, 0.1) is 17.9 Å². The van der Waals surface area contributed by atoms with E-state index in [0.717, 1.165) is 87.1 Å². The summed E-state index contributed by atoms with van der Waals surface area (Å²) >= 11 is 0. The molecule has 0 radical (unpaired) electrons. The van der Waals surface area contributed by atoms with E-state index in [0.29, 0.717) is 29.7 Å². The van der Waals surface area contributed by atoms with Gasteiger partial charge in [-0.05, 0) is 63.1 Å². The highest BCUT2D eigenvalue weighted by Gasteiger charge is 2.44. The number of aliphatic imine (C=N–C) groups is 1. The molecule has 8 nitrogen and oxygen atoms in total. The number of aromatic nitrogens is 2. The van der Waals surface area contributed by atoms with Crippen molar-refractivity contribution >= 4 is 23.6 Å². The van der Waals surface area contributed by atoms with Crippen molar-refractivity contribution in [2.75, 3.05) is 32.9 Å². The van der Waals surface area contributed by atoms with Crippen LogP contribution in [-0.4, -0.2) is 60.0 Å². The summed E-state index contributed by atoms with van der Waals surface area (Å²) in [7, 11) is 3.90. The number of nitrogens with two attached hydrogens (primary N) is 1. The van der Waals surface area contributed by atoms with Crippen LogP contribution in [0.2, 0.25) is 0 Å². The number of carbonyl (C=O) groups excluding carboxylic acids is 2. The van der Waals surface area contributed by atoms with Crippen LogP contribution in [0.3, 0.4) is 0 Å². The molecule has 1 aliphatic heterocycles. The Bertz CT molecular complexity index is 1120. The van der Waals surface area contributed by atoms with Crippen LogP contribution >= 0.6 is 0 Å². The minimum atomic E-state index is -0.186. The number of unbranched alkanes of at least 4 members (excludes halogenated alkanes) is 2. The Balaban J connectivity index is 1.43. The second-order valence-corrected chi connectivity index (χ2v) is 11.4. The van der Waals surface area contributed by atoms with Crippen LogP contribution in [0, 0.1) is 11.3 Å². The second-order valence-electron chi connectivity index (χ2n) is 11.4. The Morgan fingerprint density at radius 2 is 2.03 bits per heavy atom. The Labute approximate surface area is 226 Å². The summed E-state index contributed by atoms with van der Waals surface area (Å²) in [5.41, 5.74) is 9.92. The molecular weight excluding hydrogens is 476 g/mol. The van der Waals surface area contributed by atoms with Crippen LogP contribution in [0.25, 0.3) is 11.3 Å². The molecule has 8 heteroatoms. The maximum Gasteiger partial charge on any atom is 0.223 e. The van der Waals surface area contributed by atoms with E-state index in [-0.39, 0.29) is 17.9 Å². The lowest BCUT2D eigenvalue weighted by Gasteiger charge is -2.52. The number of amides is 1. The molecule has 0 bridgehead atoms. The smallest absolute Gasteiger partial charge is 0.223 e. The van der Waals surface area contributed by atoms with Gasteiger partial charge in [-0.3, -0.25) is 14.6 Å². The fourth-order valence-electron chi connectivity index (χ4n) is 6.15. The van der Waals surface area contributed by atoms with E-state index >= 15 is 0 Å². The van der Waals surface area contributed by atoms with Crippen molar-refractivity contribution in [1.82, 2.24) is 20.2 Å². The van der Waals surface area contributed by atoms with Gasteiger partial charge >= 0.3 is 0 Å². The van der Waals surface area contributed by atoms with Crippen LogP contribution in [0.4, 0.5) is 5.69 Å². The van der Waals surface area contributed by atoms with Gasteiger partial charge in [-0.1, -0.05) is 25.8 Å². The van der Waals surface area contributed by atoms with E-state index in [4.69, 9.17) is 5.73 Å². The van der Waals surface area contributed by atoms with Crippen molar-refractivity contribution in [2.45, 2.75) is 77.2 Å². The molecule has 0 unspecified atom stereocenters. The average molecular weight is 521 g/mol. The Kier molecular flexibility index (Phi) is 9.36. The molecule has 2 fully saturated rings. The highest BCUT2D eigenvalue weighted by Crippen LogP contribution is 2.45. The van der Waals surface area contributed by atoms with E-state index < -0.39 is 0 Å². The number of carbonyl (C=O) groups is 2. The molecular formula is C30H44N6O2. The summed E-state index contributed by atoms with van der Waals surface area (Å²) in [6, 6.07) is 5.65. The van der Waals surface area contributed by atoms with Crippen LogP contribution in [0.15, 0.2) is 29.4 Å². The average Bonchev–Trinajstić information content (AvgIpc) is 3.39. The number of likely N-dealkylation sites (tertiary alicyclic amines) is 1. The Morgan fingerprint density at radius 3 is 2.71 bits per heavy atom. The number of Topliss-reactive ketones (excluding diaryl/α,β-unsaturated/α-hetero) is 1. The SMILES string of the molecule is CCC(=O)CCCCC[C@H](NC(=O)C1CCC2(CC1)CN(C)C2)c1ncc(-c2ccc(N)c(C=NC)c2)[nH]1. The fraction of sp³-hybridized carbons (Fsp3) is 0.600. The molecule has 2 aromatic rings. The number of imidazole rings is 1. The first-order chi connectivity index (χ1) is 18.3. The Morgan fingerprint density at radius 1 is 1.26 bits per heavy atom. The number of aromatic amines is 1. The quantitative estimate of drug-likeness (QED) is 0.209. The number of H-pyrrole nitrogens is 1. The molecule has 1 saturated carbocycles. The van der Waals surface area contributed by atoms with Crippen LogP contribution in [0.5, 0.6) is 0 Å². The number of benzene rings is 1. The van der Waals surface area contributed by atoms with Gasteiger partial charge in [-0.15, -0.1) is 0 Å². The highest BCUT2D eigenvalue weighted by molar-refractivity contribution is 5.89. The number of ketones is 1. The predicted molar refractivity (Wildman–Crippen MR) is 153 cm³/mol. The molecule has 38 heavy (non-hydrogen) atoms. The van der Waals surface area contributed by atoms with E-state index in [1.807, 2.05) is 31.3 Å². The number of nitrogens with zero attached hydrogens (tertiary/aromatic N) is 3. The first-order valence-corrected chi connectivity index (χ1v) is 14.2. The molecule has 4 N–H and O–H groups in total. The van der Waals surface area contributed by atoms with Gasteiger partial charge in [0.25, 0.3) is 0 Å². The molecule has 1 atom stereocenters. The Hall–Kier alpha value is -3.00. The summed E-state index contributed by atoms with van der Waals surface area (Å²) in [5.74, 6) is 1.30. The van der Waals surface area contributed by atoms with Gasteiger partial charge in [0.2, 0.25) is 5.91 Å². The molecule has 1 aliphatic carbocycles. The molecule has 206 valence electrons. The third-order valence-corrected chi connectivity index (χ3v) is 8.38. The van der Waals surface area contributed by atoms with E-state index in [9.17, 15) is 9.59 Å². The first-order valence-electron chi connectivity index (χ1n) is 14.2. The third-order valence-electron chi connectivity index (χ3n) is 8.38. The predicted octanol–water partition coefficient (Wildman–Crippen LogP) is 4.92. The lowest BCUT2D eigenvalue weighted by Crippen LogP contribution is -2.56. The summed E-state index contributed by atoms with van der Waals surface area (Å²) in [5, 5.41) is 3.34. The maximum atomic E-state index is 13.4. The van der Waals surface area contributed by atoms with E-state index in [1.54, 1.807) is 13.3 Å². The summed E-state index contributed by atoms with van der Waals surface area (Å²) in [4.78, 5) is 39.7. The first kappa shape index (κ1) is 28.0. The number of rotatable bonds is 12. The van der Waals surface area contributed by atoms with Gasteiger partial charge in [0.15, 0.2) is 0 Å². The second kappa shape index (κ2) is 12.7. The lowest BCUT2D eigenvalue weighted by atomic mass is 9.66. The maximum absolute atomic E-state index is 13.4. The fourth-order valence-corrected chi connectivity index (χ4v) is 6.15. The van der Waals surface area contributed by atoms with Crippen molar-refractivity contribution in [2.24, 2.45) is 16.3 Å². The van der Waals surface area contributed by atoms with Crippen LogP contribution in [0.1, 0.15) is 88.6 Å². The lowest BCUT2D eigenvalue weighted by molar-refractivity contribution is -0.129. The summed E-state index contributed by atoms with van der Waals surface area (Å²) in [6.45, 7) is 4.24. The van der Waals surface area contributed by atoms with Crippen LogP contribution in [-0.2, 0) is 9.59 Å². The normalized spacial score (nSPS) is 18.5. The van der Waals surface area contributed by atoms with Crippen molar-refractivity contribution < 1.29 is 9.59 Å². The number of nitrogens with one attached hydrogen (secondary N) is 2. The van der Waals surface area contributed by atoms with Crippen molar-refractivity contribution in [1.29, 1.82) is 0 Å². The molecule has 4 rings (SSSR count). The van der Waals surface area contributed by atoms with Crippen molar-refractivity contribution in [3.63, 3.8) is 0 Å². The molecule has 1 aromatic carbocycles. The number of hydrogen-bond donors (Lipinski definition) is 3. The molecule has 1 saturated heterocycles. The topological polar surface area (TPSA) is 116 Å². The number of anilines is 1. The largest absolute Gasteiger partial charge is 0.398 e. The zero-order valence-electron chi connectivity index (χ0n) is 23.3.